The van der Waals surface area contributed by atoms with E-state index < -0.39 is 0 Å². The molecule has 9 heteroatoms. The molecule has 0 bridgehead atoms. The van der Waals surface area contributed by atoms with Gasteiger partial charge in [0.05, 0.1) is 38.3 Å². The van der Waals surface area contributed by atoms with Gasteiger partial charge in [-0.25, -0.2) is 0 Å². The van der Waals surface area contributed by atoms with Crippen LogP contribution in [0.1, 0.15) is 26.2 Å². The molecular formula is C18H35N3O5S. The van der Waals surface area contributed by atoms with Crippen LogP contribution in [-0.2, 0) is 23.8 Å². The van der Waals surface area contributed by atoms with Crippen LogP contribution in [0, 0.1) is 0 Å². The van der Waals surface area contributed by atoms with Gasteiger partial charge in [0.2, 0.25) is 11.8 Å². The molecule has 158 valence electrons. The van der Waals surface area contributed by atoms with Crippen molar-refractivity contribution in [2.45, 2.75) is 31.4 Å². The number of carbonyl (C=O) groups excluding carboxylic acids is 2. The van der Waals surface area contributed by atoms with Gasteiger partial charge in [-0.15, -0.1) is 11.8 Å². The van der Waals surface area contributed by atoms with Crippen LogP contribution in [0.2, 0.25) is 0 Å². The maximum absolute atomic E-state index is 12.2. The molecule has 3 N–H and O–H groups in total. The molecule has 0 aromatic rings. The molecule has 1 atom stereocenters. The molecule has 1 unspecified atom stereocenters. The van der Waals surface area contributed by atoms with Crippen LogP contribution in [0.15, 0.2) is 0 Å². The number of thioether (sulfide) groups is 1. The SMILES string of the molecule is CCOCCOCCOCCNCCCSC1CC(=O)N(CCCN)C1=O. The Morgan fingerprint density at radius 2 is 1.78 bits per heavy atom. The van der Waals surface area contributed by atoms with Crippen LogP contribution < -0.4 is 11.1 Å². The second kappa shape index (κ2) is 16.3. The summed E-state index contributed by atoms with van der Waals surface area (Å²) in [4.78, 5) is 25.4. The molecule has 0 spiro atoms. The lowest BCUT2D eigenvalue weighted by Gasteiger charge is -2.14. The summed E-state index contributed by atoms with van der Waals surface area (Å²) in [7, 11) is 0. The van der Waals surface area contributed by atoms with Crippen molar-refractivity contribution in [2.75, 3.05) is 71.6 Å². The van der Waals surface area contributed by atoms with Gasteiger partial charge in [-0.3, -0.25) is 14.5 Å². The number of nitrogens with two attached hydrogens (primary N) is 1. The third-order valence-electron chi connectivity index (χ3n) is 3.98. The molecular weight excluding hydrogens is 370 g/mol. The van der Waals surface area contributed by atoms with E-state index >= 15 is 0 Å². The van der Waals surface area contributed by atoms with Crippen LogP contribution in [0.25, 0.3) is 0 Å². The summed E-state index contributed by atoms with van der Waals surface area (Å²) in [5.74, 6) is 0.738. The van der Waals surface area contributed by atoms with Crippen LogP contribution in [-0.4, -0.2) is 93.5 Å². The number of rotatable bonds is 18. The van der Waals surface area contributed by atoms with Crippen LogP contribution in [0.4, 0.5) is 0 Å². The van der Waals surface area contributed by atoms with E-state index in [1.165, 1.54) is 4.90 Å². The number of imide groups is 1. The predicted molar refractivity (Wildman–Crippen MR) is 107 cm³/mol. The monoisotopic (exact) mass is 405 g/mol. The Balaban J connectivity index is 1.89. The summed E-state index contributed by atoms with van der Waals surface area (Å²) in [6.07, 6.45) is 1.94. The normalized spacial score (nSPS) is 17.3. The Morgan fingerprint density at radius 3 is 2.48 bits per heavy atom. The second-order valence-corrected chi connectivity index (χ2v) is 7.43. The first-order valence-electron chi connectivity index (χ1n) is 9.80. The number of nitrogens with one attached hydrogen (secondary N) is 1. The summed E-state index contributed by atoms with van der Waals surface area (Å²) in [5, 5.41) is 3.09. The predicted octanol–water partition coefficient (Wildman–Crippen LogP) is 0.245. The number of hydrogen-bond donors (Lipinski definition) is 2. The maximum Gasteiger partial charge on any atom is 0.242 e. The van der Waals surface area contributed by atoms with Crippen LogP contribution in [0.5, 0.6) is 0 Å². The van der Waals surface area contributed by atoms with Crippen molar-refractivity contribution in [3.63, 3.8) is 0 Å². The van der Waals surface area contributed by atoms with E-state index in [9.17, 15) is 9.59 Å². The van der Waals surface area contributed by atoms with Crippen molar-refractivity contribution in [2.24, 2.45) is 5.73 Å². The maximum atomic E-state index is 12.2. The van der Waals surface area contributed by atoms with Crippen LogP contribution in [0.3, 0.4) is 0 Å². The highest BCUT2D eigenvalue weighted by molar-refractivity contribution is 8.00. The van der Waals surface area contributed by atoms with Gasteiger partial charge in [0.15, 0.2) is 0 Å². The zero-order chi connectivity index (χ0) is 19.7. The van der Waals surface area contributed by atoms with E-state index in [0.717, 1.165) is 25.3 Å². The summed E-state index contributed by atoms with van der Waals surface area (Å²) >= 11 is 1.57. The first kappa shape index (κ1) is 24.3. The van der Waals surface area contributed by atoms with Gasteiger partial charge >= 0.3 is 0 Å². The van der Waals surface area contributed by atoms with Crippen LogP contribution >= 0.6 is 11.8 Å². The minimum Gasteiger partial charge on any atom is -0.379 e. The lowest BCUT2D eigenvalue weighted by Crippen LogP contribution is -2.33. The molecule has 0 aliphatic carbocycles. The summed E-state index contributed by atoms with van der Waals surface area (Å²) in [6.45, 7) is 8.32. The molecule has 1 heterocycles. The number of ether oxygens (including phenoxy) is 3. The molecule has 1 rings (SSSR count). The van der Waals surface area contributed by atoms with E-state index in [2.05, 4.69) is 5.32 Å². The van der Waals surface area contributed by atoms with Gasteiger partial charge in [-0.2, -0.15) is 0 Å². The molecule has 0 saturated carbocycles. The molecule has 1 aliphatic rings. The zero-order valence-electron chi connectivity index (χ0n) is 16.5. The minimum atomic E-state index is -0.221. The average Bonchev–Trinajstić information content (AvgIpc) is 2.93. The van der Waals surface area contributed by atoms with Gasteiger partial charge < -0.3 is 25.3 Å². The van der Waals surface area contributed by atoms with E-state index in [-0.39, 0.29) is 17.1 Å². The first-order valence-corrected chi connectivity index (χ1v) is 10.8. The highest BCUT2D eigenvalue weighted by Crippen LogP contribution is 2.25. The highest BCUT2D eigenvalue weighted by atomic mass is 32.2. The molecule has 0 radical (unpaired) electrons. The Hall–Kier alpha value is -0.710. The fraction of sp³-hybridized carbons (Fsp3) is 0.889. The minimum absolute atomic E-state index is 0.0525. The molecule has 0 aromatic heterocycles. The van der Waals surface area contributed by atoms with Crippen molar-refractivity contribution in [1.82, 2.24) is 10.2 Å². The second-order valence-electron chi connectivity index (χ2n) is 6.11. The Labute approximate surface area is 166 Å². The van der Waals surface area contributed by atoms with Gasteiger partial charge in [-0.1, -0.05) is 0 Å². The van der Waals surface area contributed by atoms with E-state index in [1.807, 2.05) is 6.92 Å². The quantitative estimate of drug-likeness (QED) is 0.247. The van der Waals surface area contributed by atoms with Gasteiger partial charge in [0, 0.05) is 26.1 Å². The molecule has 8 nitrogen and oxygen atoms in total. The third-order valence-corrected chi connectivity index (χ3v) is 5.27. The van der Waals surface area contributed by atoms with E-state index in [4.69, 9.17) is 19.9 Å². The van der Waals surface area contributed by atoms with Crippen molar-refractivity contribution < 1.29 is 23.8 Å². The standard InChI is InChI=1S/C18H35N3O5S/c1-2-24-10-11-26-13-12-25-9-7-20-6-4-14-27-16-15-17(22)21(18(16)23)8-3-5-19/h16,20H,2-15,19H2,1H3. The number of amides is 2. The first-order chi connectivity index (χ1) is 13.2. The summed E-state index contributed by atoms with van der Waals surface area (Å²) in [5.41, 5.74) is 5.45. The van der Waals surface area contributed by atoms with Crippen molar-refractivity contribution in [3.8, 4) is 0 Å². The summed E-state index contributed by atoms with van der Waals surface area (Å²) in [6, 6.07) is 0. The number of nitrogens with zero attached hydrogens (tertiary/aromatic N) is 1. The van der Waals surface area contributed by atoms with E-state index in [1.54, 1.807) is 11.8 Å². The fourth-order valence-electron chi connectivity index (χ4n) is 2.54. The van der Waals surface area contributed by atoms with Gasteiger partial charge in [0.25, 0.3) is 0 Å². The van der Waals surface area contributed by atoms with Crippen molar-refractivity contribution in [1.29, 1.82) is 0 Å². The Bertz CT molecular complexity index is 414. The molecule has 1 aliphatic heterocycles. The molecule has 0 aromatic carbocycles. The lowest BCUT2D eigenvalue weighted by molar-refractivity contribution is -0.138. The van der Waals surface area contributed by atoms with Gasteiger partial charge in [0.1, 0.15) is 0 Å². The molecule has 1 fully saturated rings. The fourth-order valence-corrected chi connectivity index (χ4v) is 3.67. The summed E-state index contributed by atoms with van der Waals surface area (Å²) < 4.78 is 16.0. The van der Waals surface area contributed by atoms with E-state index in [0.29, 0.717) is 65.6 Å². The van der Waals surface area contributed by atoms with Gasteiger partial charge in [-0.05, 0) is 38.6 Å². The topological polar surface area (TPSA) is 103 Å². The molecule has 2 amide bonds. The lowest BCUT2D eigenvalue weighted by atomic mass is 10.4. The van der Waals surface area contributed by atoms with Crippen molar-refractivity contribution >= 4 is 23.6 Å². The Morgan fingerprint density at radius 1 is 1.07 bits per heavy atom. The number of likely N-dealkylation sites (tertiary alicyclic amines) is 1. The highest BCUT2D eigenvalue weighted by Gasteiger charge is 2.37. The number of carbonyl (C=O) groups is 2. The zero-order valence-corrected chi connectivity index (χ0v) is 17.3. The smallest absolute Gasteiger partial charge is 0.242 e. The number of hydrogen-bond acceptors (Lipinski definition) is 8. The third kappa shape index (κ3) is 11.0. The van der Waals surface area contributed by atoms with Crippen molar-refractivity contribution in [3.05, 3.63) is 0 Å². The average molecular weight is 406 g/mol. The molecule has 1 saturated heterocycles. The molecule has 27 heavy (non-hydrogen) atoms. The Kier molecular flexibility index (Phi) is 14.7. The largest absolute Gasteiger partial charge is 0.379 e.